The van der Waals surface area contributed by atoms with Crippen LogP contribution in [0.2, 0.25) is 0 Å². The third-order valence-corrected chi connectivity index (χ3v) is 9.73. The molecule has 5 N–H and O–H groups in total. The molecule has 268 valence electrons. The van der Waals surface area contributed by atoms with Crippen molar-refractivity contribution in [1.82, 2.24) is 10.8 Å². The summed E-state index contributed by atoms with van der Waals surface area (Å²) in [4.78, 5) is 35.9. The van der Waals surface area contributed by atoms with E-state index in [4.69, 9.17) is 14.7 Å². The Morgan fingerprint density at radius 1 is 0.784 bits per heavy atom. The molecule has 51 heavy (non-hydrogen) atoms. The van der Waals surface area contributed by atoms with Crippen molar-refractivity contribution in [2.24, 2.45) is 0 Å². The molecule has 4 aromatic carbocycles. The Morgan fingerprint density at radius 2 is 1.49 bits per heavy atom. The van der Waals surface area contributed by atoms with Crippen molar-refractivity contribution in [3.63, 3.8) is 0 Å². The molecule has 4 aromatic rings. The summed E-state index contributed by atoms with van der Waals surface area (Å²) in [7, 11) is 0. The fourth-order valence-corrected chi connectivity index (χ4v) is 6.76. The Balaban J connectivity index is 1.21. The second-order valence-electron chi connectivity index (χ2n) is 12.6. The highest BCUT2D eigenvalue weighted by Gasteiger charge is 2.32. The summed E-state index contributed by atoms with van der Waals surface area (Å²) < 4.78 is 13.1. The summed E-state index contributed by atoms with van der Waals surface area (Å²) in [6.07, 6.45) is 2.48. The molecule has 0 aliphatic carbocycles. The highest BCUT2D eigenvalue weighted by atomic mass is 32.2. The Hall–Kier alpha value is -4.52. The quantitative estimate of drug-likeness (QED) is 0.0355. The molecule has 1 heterocycles. The molecule has 0 bridgehead atoms. The standard InChI is InChI=1S/C40H45N3O7S/c1-27(45)42-34-18-20-36(21-19-34)51-26-35-23-37(31-12-10-28(25-44)11-13-31)50-40(49-35)32-16-14-30(15-17-32)33-7-5-6-29(22-33)24-41-38(46)8-3-2-4-9-39(47)43-48/h5-7,10-22,35,37,40,44,48H,2-4,8-9,23-26H2,1H3,(H,41,46)(H,42,45)(H,43,47). The molecule has 3 atom stereocenters. The fourth-order valence-electron chi connectivity index (χ4n) is 5.84. The molecule has 3 unspecified atom stereocenters. The number of anilines is 1. The average molecular weight is 712 g/mol. The molecule has 5 rings (SSSR count). The maximum Gasteiger partial charge on any atom is 0.243 e. The number of benzene rings is 4. The van der Waals surface area contributed by atoms with Gasteiger partial charge in [0.2, 0.25) is 17.7 Å². The van der Waals surface area contributed by atoms with Gasteiger partial charge in [0.05, 0.1) is 18.8 Å². The monoisotopic (exact) mass is 711 g/mol. The Bertz CT molecular complexity index is 1730. The minimum atomic E-state index is -0.573. The van der Waals surface area contributed by atoms with E-state index in [0.717, 1.165) is 56.1 Å². The van der Waals surface area contributed by atoms with Crippen molar-refractivity contribution >= 4 is 35.2 Å². The van der Waals surface area contributed by atoms with Crippen LogP contribution in [0, 0.1) is 0 Å². The largest absolute Gasteiger partial charge is 0.392 e. The van der Waals surface area contributed by atoms with Gasteiger partial charge in [0.15, 0.2) is 6.29 Å². The van der Waals surface area contributed by atoms with Gasteiger partial charge in [-0.2, -0.15) is 0 Å². The number of amides is 3. The van der Waals surface area contributed by atoms with Gasteiger partial charge in [-0.25, -0.2) is 5.48 Å². The molecule has 1 fully saturated rings. The molecule has 1 aliphatic rings. The normalized spacial score (nSPS) is 17.0. The van der Waals surface area contributed by atoms with Crippen molar-refractivity contribution in [2.45, 2.75) is 82.0 Å². The van der Waals surface area contributed by atoms with E-state index in [1.165, 1.54) is 6.92 Å². The van der Waals surface area contributed by atoms with Crippen molar-refractivity contribution in [3.05, 3.63) is 119 Å². The van der Waals surface area contributed by atoms with E-state index in [2.05, 4.69) is 28.8 Å². The molecule has 3 amide bonds. The maximum absolute atomic E-state index is 12.4. The van der Waals surface area contributed by atoms with E-state index in [9.17, 15) is 19.5 Å². The number of carbonyl (C=O) groups is 3. The SMILES string of the molecule is CC(=O)Nc1ccc(SCC2CC(c3ccc(CO)cc3)OC(c3ccc(-c4cccc(CNC(=O)CCCCCC(=O)NO)c4)cc3)O2)cc1. The zero-order valence-electron chi connectivity index (χ0n) is 28.7. The smallest absolute Gasteiger partial charge is 0.243 e. The van der Waals surface area contributed by atoms with Gasteiger partial charge >= 0.3 is 0 Å². The number of hydrogen-bond acceptors (Lipinski definition) is 8. The molecule has 0 aromatic heterocycles. The molecular weight excluding hydrogens is 667 g/mol. The first-order valence-electron chi connectivity index (χ1n) is 17.2. The van der Waals surface area contributed by atoms with Crippen LogP contribution in [0.1, 0.15) is 80.1 Å². The van der Waals surface area contributed by atoms with Gasteiger partial charge in [-0.1, -0.05) is 73.2 Å². The van der Waals surface area contributed by atoms with E-state index in [1.807, 2.05) is 78.9 Å². The number of aliphatic hydroxyl groups is 1. The van der Waals surface area contributed by atoms with E-state index < -0.39 is 12.2 Å². The van der Waals surface area contributed by atoms with Crippen LogP contribution in [-0.4, -0.2) is 39.9 Å². The van der Waals surface area contributed by atoms with Crippen molar-refractivity contribution in [3.8, 4) is 11.1 Å². The van der Waals surface area contributed by atoms with E-state index >= 15 is 0 Å². The third kappa shape index (κ3) is 11.8. The molecule has 0 saturated carbocycles. The third-order valence-electron chi connectivity index (χ3n) is 8.59. The van der Waals surface area contributed by atoms with E-state index in [0.29, 0.717) is 32.2 Å². The molecule has 10 nitrogen and oxygen atoms in total. The van der Waals surface area contributed by atoms with Crippen LogP contribution in [0.4, 0.5) is 5.69 Å². The fraction of sp³-hybridized carbons (Fsp3) is 0.325. The number of aliphatic hydroxyl groups excluding tert-OH is 1. The number of rotatable bonds is 16. The lowest BCUT2D eigenvalue weighted by Gasteiger charge is -2.36. The second-order valence-corrected chi connectivity index (χ2v) is 13.7. The van der Waals surface area contributed by atoms with Gasteiger partial charge in [-0.15, -0.1) is 11.8 Å². The lowest BCUT2D eigenvalue weighted by Crippen LogP contribution is -2.31. The molecule has 1 aliphatic heterocycles. The number of carbonyl (C=O) groups excluding carboxylic acids is 3. The Labute approximate surface area is 302 Å². The maximum atomic E-state index is 12.4. The molecule has 1 saturated heterocycles. The summed E-state index contributed by atoms with van der Waals surface area (Å²) in [6.45, 7) is 1.89. The number of thioether (sulfide) groups is 1. The van der Waals surface area contributed by atoms with Crippen molar-refractivity contribution in [2.75, 3.05) is 11.1 Å². The van der Waals surface area contributed by atoms with Crippen molar-refractivity contribution < 1.29 is 34.2 Å². The van der Waals surface area contributed by atoms with E-state index in [1.54, 1.807) is 17.2 Å². The Kier molecular flexibility index (Phi) is 14.2. The van der Waals surface area contributed by atoms with Crippen LogP contribution in [-0.2, 0) is 37.0 Å². The summed E-state index contributed by atoms with van der Waals surface area (Å²) in [5.74, 6) is 0.161. The van der Waals surface area contributed by atoms with Crippen molar-refractivity contribution in [1.29, 1.82) is 0 Å². The topological polar surface area (TPSA) is 146 Å². The lowest BCUT2D eigenvalue weighted by atomic mass is 9.99. The summed E-state index contributed by atoms with van der Waals surface area (Å²) in [5, 5.41) is 23.9. The Morgan fingerprint density at radius 3 is 2.18 bits per heavy atom. The van der Waals surface area contributed by atoms with E-state index in [-0.39, 0.29) is 37.0 Å². The minimum absolute atomic E-state index is 0.0159. The van der Waals surface area contributed by atoms with Crippen LogP contribution in [0.5, 0.6) is 0 Å². The second kappa shape index (κ2) is 19.2. The number of hydroxylamine groups is 1. The number of hydrogen-bond donors (Lipinski definition) is 5. The van der Waals surface area contributed by atoms with Gasteiger partial charge in [0.1, 0.15) is 0 Å². The van der Waals surface area contributed by atoms with Gasteiger partial charge in [-0.3, -0.25) is 19.6 Å². The number of ether oxygens (including phenoxy) is 2. The van der Waals surface area contributed by atoms with Gasteiger partial charge < -0.3 is 25.2 Å². The van der Waals surface area contributed by atoms with Crippen LogP contribution < -0.4 is 16.1 Å². The highest BCUT2D eigenvalue weighted by molar-refractivity contribution is 7.99. The minimum Gasteiger partial charge on any atom is -0.392 e. The van der Waals surface area contributed by atoms with Crippen LogP contribution >= 0.6 is 11.8 Å². The zero-order valence-corrected chi connectivity index (χ0v) is 29.5. The first kappa shape index (κ1) is 37.7. The van der Waals surface area contributed by atoms with Gasteiger partial charge in [0, 0.05) is 54.6 Å². The first-order chi connectivity index (χ1) is 24.8. The molecular formula is C40H45N3O7S. The predicted molar refractivity (Wildman–Crippen MR) is 197 cm³/mol. The number of nitrogens with one attached hydrogen (secondary N) is 3. The molecule has 0 radical (unpaired) electrons. The summed E-state index contributed by atoms with van der Waals surface area (Å²) >= 11 is 1.70. The van der Waals surface area contributed by atoms with Crippen LogP contribution in [0.3, 0.4) is 0 Å². The number of unbranched alkanes of at least 4 members (excludes halogenated alkanes) is 2. The zero-order chi connectivity index (χ0) is 36.0. The summed E-state index contributed by atoms with van der Waals surface area (Å²) in [5.41, 5.74) is 8.21. The highest BCUT2D eigenvalue weighted by Crippen LogP contribution is 2.40. The summed E-state index contributed by atoms with van der Waals surface area (Å²) in [6, 6.07) is 31.9. The average Bonchev–Trinajstić information content (AvgIpc) is 3.16. The molecule has 0 spiro atoms. The molecule has 11 heteroatoms. The van der Waals surface area contributed by atoms with Gasteiger partial charge in [-0.05, 0) is 71.0 Å². The van der Waals surface area contributed by atoms with Gasteiger partial charge in [0.25, 0.3) is 0 Å². The first-order valence-corrected chi connectivity index (χ1v) is 18.2. The van der Waals surface area contributed by atoms with Crippen LogP contribution in [0.15, 0.2) is 102 Å². The van der Waals surface area contributed by atoms with Crippen LogP contribution in [0.25, 0.3) is 11.1 Å². The predicted octanol–water partition coefficient (Wildman–Crippen LogP) is 7.21. The lowest BCUT2D eigenvalue weighted by molar-refractivity contribution is -0.245.